The van der Waals surface area contributed by atoms with Gasteiger partial charge in [0.1, 0.15) is 17.6 Å². The molecule has 3 N–H and O–H groups in total. The Hall–Kier alpha value is -2.44. The second-order valence-electron chi connectivity index (χ2n) is 7.09. The average Bonchev–Trinajstić information content (AvgIpc) is 3.13. The third kappa shape index (κ3) is 6.04. The van der Waals surface area contributed by atoms with E-state index in [1.54, 1.807) is 12.1 Å². The minimum Gasteiger partial charge on any atom is -0.494 e. The van der Waals surface area contributed by atoms with E-state index in [0.29, 0.717) is 25.3 Å². The molecule has 0 spiro atoms. The number of carbonyl (C=O) groups excluding carboxylic acids is 1. The van der Waals surface area contributed by atoms with Crippen LogP contribution in [0.1, 0.15) is 31.2 Å². The predicted octanol–water partition coefficient (Wildman–Crippen LogP) is 3.28. The molecule has 1 amide bonds. The zero-order chi connectivity index (χ0) is 19.8. The number of halogens is 1. The van der Waals surface area contributed by atoms with Gasteiger partial charge in [-0.1, -0.05) is 12.1 Å². The van der Waals surface area contributed by atoms with Crippen LogP contribution in [-0.4, -0.2) is 36.3 Å². The molecule has 5 nitrogen and oxygen atoms in total. The van der Waals surface area contributed by atoms with Crippen LogP contribution >= 0.6 is 0 Å². The van der Waals surface area contributed by atoms with Gasteiger partial charge in [0.2, 0.25) is 5.91 Å². The lowest BCUT2D eigenvalue weighted by Crippen LogP contribution is -2.42. The standard InChI is InChI=1S/C22H27FN2O3/c23-17-7-11-19(12-8-17)28-15-3-1-2-4-16-5-9-18(10-6-16)25-22(27)21-20(26)13-14-24-21/h5-12,20-21,24,26H,1-4,13-15H2,(H,25,27)/t20-,21-/m0/s1. The Balaban J connectivity index is 1.32. The Bertz CT molecular complexity index is 749. The quantitative estimate of drug-likeness (QED) is 0.579. The number of unbranched alkanes of at least 4 members (excludes halogenated alkanes) is 2. The lowest BCUT2D eigenvalue weighted by Gasteiger charge is -2.14. The summed E-state index contributed by atoms with van der Waals surface area (Å²) in [5.41, 5.74) is 1.96. The first-order valence-corrected chi connectivity index (χ1v) is 9.81. The molecule has 0 aromatic heterocycles. The summed E-state index contributed by atoms with van der Waals surface area (Å²) in [6, 6.07) is 13.4. The minimum atomic E-state index is -0.619. The Morgan fingerprint density at radius 3 is 2.54 bits per heavy atom. The molecule has 0 aliphatic carbocycles. The third-order valence-corrected chi connectivity index (χ3v) is 4.89. The van der Waals surface area contributed by atoms with Crippen LogP contribution in [0.2, 0.25) is 0 Å². The van der Waals surface area contributed by atoms with E-state index in [2.05, 4.69) is 10.6 Å². The molecule has 0 saturated carbocycles. The average molecular weight is 386 g/mol. The maximum atomic E-state index is 12.8. The molecule has 0 radical (unpaired) electrons. The van der Waals surface area contributed by atoms with Crippen molar-refractivity contribution in [1.82, 2.24) is 5.32 Å². The van der Waals surface area contributed by atoms with Crippen LogP contribution in [0.3, 0.4) is 0 Å². The van der Waals surface area contributed by atoms with Crippen LogP contribution in [0.25, 0.3) is 0 Å². The van der Waals surface area contributed by atoms with Gasteiger partial charge in [-0.2, -0.15) is 0 Å². The van der Waals surface area contributed by atoms with Crippen molar-refractivity contribution in [3.05, 3.63) is 59.9 Å². The van der Waals surface area contributed by atoms with Crippen molar-refractivity contribution >= 4 is 11.6 Å². The van der Waals surface area contributed by atoms with E-state index in [9.17, 15) is 14.3 Å². The first-order chi connectivity index (χ1) is 13.6. The largest absolute Gasteiger partial charge is 0.494 e. The molecule has 28 heavy (non-hydrogen) atoms. The van der Waals surface area contributed by atoms with E-state index in [1.807, 2.05) is 24.3 Å². The number of aryl methyl sites for hydroxylation is 1. The fourth-order valence-electron chi connectivity index (χ4n) is 3.26. The van der Waals surface area contributed by atoms with Crippen molar-refractivity contribution in [2.24, 2.45) is 0 Å². The van der Waals surface area contributed by atoms with Gasteiger partial charge in [0, 0.05) is 5.69 Å². The van der Waals surface area contributed by atoms with Gasteiger partial charge in [0.25, 0.3) is 0 Å². The van der Waals surface area contributed by atoms with Gasteiger partial charge >= 0.3 is 0 Å². The SMILES string of the molecule is O=C(Nc1ccc(CCCCCOc2ccc(F)cc2)cc1)[C@H]1NCC[C@@H]1O. The molecular weight excluding hydrogens is 359 g/mol. The molecule has 0 unspecified atom stereocenters. The number of anilines is 1. The van der Waals surface area contributed by atoms with Gasteiger partial charge in [-0.15, -0.1) is 0 Å². The number of aliphatic hydroxyl groups excluding tert-OH is 1. The molecule has 2 aromatic rings. The number of hydrogen-bond acceptors (Lipinski definition) is 4. The van der Waals surface area contributed by atoms with E-state index in [1.165, 1.54) is 17.7 Å². The molecule has 0 bridgehead atoms. The van der Waals surface area contributed by atoms with Crippen molar-refractivity contribution in [3.8, 4) is 5.75 Å². The molecule has 1 aliphatic rings. The fourth-order valence-corrected chi connectivity index (χ4v) is 3.26. The zero-order valence-corrected chi connectivity index (χ0v) is 15.9. The Kier molecular flexibility index (Phi) is 7.39. The van der Waals surface area contributed by atoms with Crippen molar-refractivity contribution < 1.29 is 19.0 Å². The van der Waals surface area contributed by atoms with Crippen LogP contribution in [0.4, 0.5) is 10.1 Å². The van der Waals surface area contributed by atoms with Gasteiger partial charge in [-0.25, -0.2) is 4.39 Å². The molecule has 2 aromatic carbocycles. The number of amides is 1. The highest BCUT2D eigenvalue weighted by atomic mass is 19.1. The summed E-state index contributed by atoms with van der Waals surface area (Å²) in [4.78, 5) is 12.1. The minimum absolute atomic E-state index is 0.195. The lowest BCUT2D eigenvalue weighted by atomic mass is 10.1. The third-order valence-electron chi connectivity index (χ3n) is 4.89. The van der Waals surface area contributed by atoms with E-state index in [0.717, 1.165) is 31.4 Å². The first kappa shape index (κ1) is 20.3. The van der Waals surface area contributed by atoms with E-state index in [-0.39, 0.29) is 11.7 Å². The number of nitrogens with one attached hydrogen (secondary N) is 2. The van der Waals surface area contributed by atoms with Gasteiger partial charge in [-0.05, 0) is 80.6 Å². The van der Waals surface area contributed by atoms with Gasteiger partial charge in [0.15, 0.2) is 0 Å². The fraction of sp³-hybridized carbons (Fsp3) is 0.409. The molecule has 1 fully saturated rings. The van der Waals surface area contributed by atoms with E-state index in [4.69, 9.17) is 4.74 Å². The molecule has 1 aliphatic heterocycles. The van der Waals surface area contributed by atoms with Crippen LogP contribution in [0, 0.1) is 5.82 Å². The molecule has 6 heteroatoms. The zero-order valence-electron chi connectivity index (χ0n) is 15.9. The number of benzene rings is 2. The summed E-state index contributed by atoms with van der Waals surface area (Å²) < 4.78 is 18.4. The van der Waals surface area contributed by atoms with Crippen molar-refractivity contribution in [2.45, 2.75) is 44.2 Å². The summed E-state index contributed by atoms with van der Waals surface area (Å²) >= 11 is 0. The second kappa shape index (κ2) is 10.2. The summed E-state index contributed by atoms with van der Waals surface area (Å²) in [6.45, 7) is 1.28. The first-order valence-electron chi connectivity index (χ1n) is 9.81. The Labute approximate surface area is 164 Å². The van der Waals surface area contributed by atoms with Crippen molar-refractivity contribution in [3.63, 3.8) is 0 Å². The van der Waals surface area contributed by atoms with Crippen LogP contribution < -0.4 is 15.4 Å². The maximum absolute atomic E-state index is 12.8. The maximum Gasteiger partial charge on any atom is 0.244 e. The molecule has 3 rings (SSSR count). The number of hydrogen-bond donors (Lipinski definition) is 3. The monoisotopic (exact) mass is 386 g/mol. The smallest absolute Gasteiger partial charge is 0.244 e. The summed E-state index contributed by atoms with van der Waals surface area (Å²) in [5.74, 6) is 0.240. The number of carbonyl (C=O) groups is 1. The van der Waals surface area contributed by atoms with E-state index < -0.39 is 12.1 Å². The Morgan fingerprint density at radius 2 is 1.86 bits per heavy atom. The summed E-state index contributed by atoms with van der Waals surface area (Å²) in [5, 5.41) is 15.6. The number of ether oxygens (including phenoxy) is 1. The predicted molar refractivity (Wildman–Crippen MR) is 107 cm³/mol. The van der Waals surface area contributed by atoms with Crippen LogP contribution in [0.15, 0.2) is 48.5 Å². The highest BCUT2D eigenvalue weighted by Gasteiger charge is 2.30. The Morgan fingerprint density at radius 1 is 1.11 bits per heavy atom. The highest BCUT2D eigenvalue weighted by molar-refractivity contribution is 5.95. The van der Waals surface area contributed by atoms with Gasteiger partial charge < -0.3 is 20.5 Å². The molecular formula is C22H27FN2O3. The van der Waals surface area contributed by atoms with Crippen molar-refractivity contribution in [2.75, 3.05) is 18.5 Å². The molecule has 2 atom stereocenters. The summed E-state index contributed by atoms with van der Waals surface area (Å²) in [7, 11) is 0. The molecule has 1 saturated heterocycles. The topological polar surface area (TPSA) is 70.6 Å². The van der Waals surface area contributed by atoms with E-state index >= 15 is 0 Å². The van der Waals surface area contributed by atoms with Crippen LogP contribution in [0.5, 0.6) is 5.75 Å². The van der Waals surface area contributed by atoms with Gasteiger partial charge in [0.05, 0.1) is 12.7 Å². The highest BCUT2D eigenvalue weighted by Crippen LogP contribution is 2.15. The lowest BCUT2D eigenvalue weighted by molar-refractivity contribution is -0.119. The second-order valence-corrected chi connectivity index (χ2v) is 7.09. The molecule has 150 valence electrons. The van der Waals surface area contributed by atoms with Gasteiger partial charge in [-0.3, -0.25) is 4.79 Å². The van der Waals surface area contributed by atoms with Crippen molar-refractivity contribution in [1.29, 1.82) is 0 Å². The normalized spacial score (nSPS) is 18.8. The number of rotatable bonds is 9. The number of aliphatic hydroxyl groups is 1. The summed E-state index contributed by atoms with van der Waals surface area (Å²) in [6.07, 6.45) is 4.00. The van der Waals surface area contributed by atoms with Crippen LogP contribution in [-0.2, 0) is 11.2 Å². The molecule has 1 heterocycles.